The van der Waals surface area contributed by atoms with Crippen LogP contribution in [0, 0.1) is 0 Å². The Morgan fingerprint density at radius 1 is 1.53 bits per heavy atom. The molecule has 0 fully saturated rings. The number of fused-ring (bicyclic) bond motifs is 1. The Labute approximate surface area is 107 Å². The molecule has 0 saturated heterocycles. The minimum Gasteiger partial charge on any atom is -0.495 e. The SMILES string of the molecule is COc1cccc2c1N(C)C(CCCO)CS2. The van der Waals surface area contributed by atoms with Gasteiger partial charge in [-0.25, -0.2) is 0 Å². The van der Waals surface area contributed by atoms with Crippen molar-refractivity contribution >= 4 is 17.4 Å². The van der Waals surface area contributed by atoms with Crippen LogP contribution in [-0.4, -0.2) is 37.7 Å². The summed E-state index contributed by atoms with van der Waals surface area (Å²) in [5, 5.41) is 8.93. The van der Waals surface area contributed by atoms with Gasteiger partial charge < -0.3 is 14.7 Å². The predicted molar refractivity (Wildman–Crippen MR) is 72.2 cm³/mol. The molecule has 0 aliphatic carbocycles. The second kappa shape index (κ2) is 5.65. The van der Waals surface area contributed by atoms with Gasteiger partial charge in [0.1, 0.15) is 5.75 Å². The molecule has 1 heterocycles. The van der Waals surface area contributed by atoms with Gasteiger partial charge in [-0.3, -0.25) is 0 Å². The Balaban J connectivity index is 2.24. The van der Waals surface area contributed by atoms with E-state index in [1.165, 1.54) is 10.6 Å². The number of para-hydroxylation sites is 1. The fraction of sp³-hybridized carbons (Fsp3) is 0.538. The molecule has 1 aromatic carbocycles. The number of methoxy groups -OCH3 is 1. The first-order valence-electron chi connectivity index (χ1n) is 5.91. The Bertz CT molecular complexity index is 369. The summed E-state index contributed by atoms with van der Waals surface area (Å²) < 4.78 is 5.43. The number of thioether (sulfide) groups is 1. The Morgan fingerprint density at radius 2 is 2.35 bits per heavy atom. The van der Waals surface area contributed by atoms with Gasteiger partial charge in [-0.1, -0.05) is 6.07 Å². The molecule has 0 amide bonds. The van der Waals surface area contributed by atoms with E-state index in [1.54, 1.807) is 7.11 Å². The lowest BCUT2D eigenvalue weighted by molar-refractivity contribution is 0.280. The third-order valence-corrected chi connectivity index (χ3v) is 4.40. The van der Waals surface area contributed by atoms with Gasteiger partial charge in [0.05, 0.1) is 12.8 Å². The molecule has 2 rings (SSSR count). The van der Waals surface area contributed by atoms with E-state index in [-0.39, 0.29) is 6.61 Å². The van der Waals surface area contributed by atoms with Crippen LogP contribution in [-0.2, 0) is 0 Å². The largest absolute Gasteiger partial charge is 0.495 e. The molecule has 1 aliphatic rings. The third kappa shape index (κ3) is 2.53. The van der Waals surface area contributed by atoms with Crippen molar-refractivity contribution in [3.05, 3.63) is 18.2 Å². The lowest BCUT2D eigenvalue weighted by Gasteiger charge is -2.36. The minimum atomic E-state index is 0.272. The summed E-state index contributed by atoms with van der Waals surface area (Å²) in [6, 6.07) is 6.66. The van der Waals surface area contributed by atoms with E-state index in [0.29, 0.717) is 6.04 Å². The zero-order valence-corrected chi connectivity index (χ0v) is 11.2. The number of benzene rings is 1. The fourth-order valence-electron chi connectivity index (χ4n) is 2.22. The second-order valence-corrected chi connectivity index (χ2v) is 5.31. The standard InChI is InChI=1S/C13H19NO2S/c1-14-10(5-4-8-15)9-17-12-7-3-6-11(16-2)13(12)14/h3,6-7,10,15H,4-5,8-9H2,1-2H3. The van der Waals surface area contributed by atoms with Crippen LogP contribution in [0.4, 0.5) is 5.69 Å². The van der Waals surface area contributed by atoms with Crippen LogP contribution in [0.3, 0.4) is 0 Å². The smallest absolute Gasteiger partial charge is 0.143 e. The van der Waals surface area contributed by atoms with Crippen LogP contribution < -0.4 is 9.64 Å². The van der Waals surface area contributed by atoms with Crippen molar-refractivity contribution in [1.29, 1.82) is 0 Å². The minimum absolute atomic E-state index is 0.272. The molecule has 17 heavy (non-hydrogen) atoms. The van der Waals surface area contributed by atoms with Gasteiger partial charge >= 0.3 is 0 Å². The van der Waals surface area contributed by atoms with Crippen molar-refractivity contribution in [2.75, 3.05) is 31.4 Å². The van der Waals surface area contributed by atoms with Crippen molar-refractivity contribution in [2.45, 2.75) is 23.8 Å². The number of anilines is 1. The highest BCUT2D eigenvalue weighted by Crippen LogP contribution is 2.43. The summed E-state index contributed by atoms with van der Waals surface area (Å²) in [6.07, 6.45) is 1.89. The normalized spacial score (nSPS) is 19.0. The van der Waals surface area contributed by atoms with Crippen molar-refractivity contribution in [3.8, 4) is 5.75 Å². The summed E-state index contributed by atoms with van der Waals surface area (Å²) in [4.78, 5) is 3.58. The van der Waals surface area contributed by atoms with E-state index in [4.69, 9.17) is 9.84 Å². The summed E-state index contributed by atoms with van der Waals surface area (Å²) in [6.45, 7) is 0.272. The summed E-state index contributed by atoms with van der Waals surface area (Å²) >= 11 is 1.88. The summed E-state index contributed by atoms with van der Waals surface area (Å²) in [5.74, 6) is 2.02. The number of hydrogen-bond donors (Lipinski definition) is 1. The van der Waals surface area contributed by atoms with Crippen molar-refractivity contribution in [3.63, 3.8) is 0 Å². The molecule has 0 aromatic heterocycles. The van der Waals surface area contributed by atoms with Gasteiger partial charge in [-0.15, -0.1) is 11.8 Å². The van der Waals surface area contributed by atoms with Crippen molar-refractivity contribution in [2.24, 2.45) is 0 Å². The number of nitrogens with zero attached hydrogens (tertiary/aromatic N) is 1. The molecule has 1 aliphatic heterocycles. The Hall–Kier alpha value is -0.870. The van der Waals surface area contributed by atoms with Crippen molar-refractivity contribution < 1.29 is 9.84 Å². The van der Waals surface area contributed by atoms with Gasteiger partial charge in [-0.2, -0.15) is 0 Å². The van der Waals surface area contributed by atoms with E-state index >= 15 is 0 Å². The molecular formula is C13H19NO2S. The molecule has 4 heteroatoms. The maximum Gasteiger partial charge on any atom is 0.143 e. The van der Waals surface area contributed by atoms with Gasteiger partial charge in [0.25, 0.3) is 0 Å². The van der Waals surface area contributed by atoms with Gasteiger partial charge in [0.15, 0.2) is 0 Å². The van der Waals surface area contributed by atoms with Crippen molar-refractivity contribution in [1.82, 2.24) is 0 Å². The van der Waals surface area contributed by atoms with Crippen LogP contribution in [0.15, 0.2) is 23.1 Å². The number of aliphatic hydroxyl groups is 1. The molecular weight excluding hydrogens is 234 g/mol. The third-order valence-electron chi connectivity index (χ3n) is 3.21. The maximum atomic E-state index is 8.93. The first kappa shape index (κ1) is 12.6. The first-order chi connectivity index (χ1) is 8.27. The van der Waals surface area contributed by atoms with Crippen LogP contribution in [0.5, 0.6) is 5.75 Å². The number of ether oxygens (including phenoxy) is 1. The van der Waals surface area contributed by atoms with E-state index in [1.807, 2.05) is 23.9 Å². The van der Waals surface area contributed by atoms with Gasteiger partial charge in [0.2, 0.25) is 0 Å². The lowest BCUT2D eigenvalue weighted by atomic mass is 10.1. The zero-order valence-electron chi connectivity index (χ0n) is 10.3. The van der Waals surface area contributed by atoms with Crippen LogP contribution >= 0.6 is 11.8 Å². The topological polar surface area (TPSA) is 32.7 Å². The molecule has 94 valence electrons. The Kier molecular flexibility index (Phi) is 4.18. The van der Waals surface area contributed by atoms with Crippen LogP contribution in [0.1, 0.15) is 12.8 Å². The molecule has 1 atom stereocenters. The number of hydrogen-bond acceptors (Lipinski definition) is 4. The molecule has 0 saturated carbocycles. The zero-order chi connectivity index (χ0) is 12.3. The van der Waals surface area contributed by atoms with E-state index in [9.17, 15) is 0 Å². The summed E-state index contributed by atoms with van der Waals surface area (Å²) in [7, 11) is 3.83. The van der Waals surface area contributed by atoms with E-state index in [0.717, 1.165) is 24.3 Å². The molecule has 1 aromatic rings. The highest BCUT2D eigenvalue weighted by Gasteiger charge is 2.26. The van der Waals surface area contributed by atoms with Crippen LogP contribution in [0.25, 0.3) is 0 Å². The van der Waals surface area contributed by atoms with E-state index in [2.05, 4.69) is 18.0 Å². The average molecular weight is 253 g/mol. The Morgan fingerprint density at radius 3 is 3.06 bits per heavy atom. The molecule has 3 nitrogen and oxygen atoms in total. The molecule has 0 bridgehead atoms. The summed E-state index contributed by atoms with van der Waals surface area (Å²) in [5.41, 5.74) is 1.19. The first-order valence-corrected chi connectivity index (χ1v) is 6.90. The predicted octanol–water partition coefficient (Wildman–Crippen LogP) is 2.38. The monoisotopic (exact) mass is 253 g/mol. The van der Waals surface area contributed by atoms with Gasteiger partial charge in [-0.05, 0) is 25.0 Å². The van der Waals surface area contributed by atoms with Crippen LogP contribution in [0.2, 0.25) is 0 Å². The highest BCUT2D eigenvalue weighted by molar-refractivity contribution is 7.99. The van der Waals surface area contributed by atoms with E-state index < -0.39 is 0 Å². The quantitative estimate of drug-likeness (QED) is 0.893. The highest BCUT2D eigenvalue weighted by atomic mass is 32.2. The fourth-order valence-corrected chi connectivity index (χ4v) is 3.53. The maximum absolute atomic E-state index is 8.93. The average Bonchev–Trinajstić information content (AvgIpc) is 2.37. The lowest BCUT2D eigenvalue weighted by Crippen LogP contribution is -2.37. The second-order valence-electron chi connectivity index (χ2n) is 4.25. The molecule has 0 spiro atoms. The molecule has 1 N–H and O–H groups in total. The number of aliphatic hydroxyl groups excluding tert-OH is 1. The molecule has 0 radical (unpaired) electrons. The van der Waals surface area contributed by atoms with Gasteiger partial charge in [0, 0.05) is 30.3 Å². The number of rotatable bonds is 4. The molecule has 1 unspecified atom stereocenters.